The van der Waals surface area contributed by atoms with E-state index in [4.69, 9.17) is 10.6 Å². The van der Waals surface area contributed by atoms with E-state index in [0.29, 0.717) is 12.0 Å². The third-order valence-electron chi connectivity index (χ3n) is 4.85. The zero-order valence-electron chi connectivity index (χ0n) is 12.9. The van der Waals surface area contributed by atoms with E-state index in [0.717, 1.165) is 5.75 Å². The number of hydrogen-bond donors (Lipinski definition) is 2. The normalized spacial score (nSPS) is 22.3. The zero-order chi connectivity index (χ0) is 14.5. The Morgan fingerprint density at radius 2 is 1.71 bits per heavy atom. The summed E-state index contributed by atoms with van der Waals surface area (Å²) in [5, 5.41) is 0. The molecule has 1 aromatic carbocycles. The van der Waals surface area contributed by atoms with Gasteiger partial charge < -0.3 is 4.74 Å². The smallest absolute Gasteiger partial charge is 0.120 e. The lowest BCUT2D eigenvalue weighted by Gasteiger charge is -2.29. The van der Waals surface area contributed by atoms with E-state index in [2.05, 4.69) is 29.7 Å². The van der Waals surface area contributed by atoms with Crippen LogP contribution in [0.1, 0.15) is 69.4 Å². The number of nitrogens with one attached hydrogen (secondary N) is 1. The highest BCUT2D eigenvalue weighted by atomic mass is 16.5. The maximum Gasteiger partial charge on any atom is 0.120 e. The molecule has 2 aliphatic carbocycles. The number of nitrogens with two attached hydrogens (primary N) is 1. The molecule has 0 amide bonds. The maximum absolute atomic E-state index is 5.92. The van der Waals surface area contributed by atoms with Gasteiger partial charge in [0.2, 0.25) is 0 Å². The van der Waals surface area contributed by atoms with Gasteiger partial charge in [-0.15, -0.1) is 0 Å². The van der Waals surface area contributed by atoms with Crippen molar-refractivity contribution in [2.45, 2.75) is 69.9 Å². The van der Waals surface area contributed by atoms with Gasteiger partial charge in [-0.05, 0) is 49.3 Å². The number of hydrogen-bond acceptors (Lipinski definition) is 3. The quantitative estimate of drug-likeness (QED) is 0.633. The lowest BCUT2D eigenvalue weighted by Crippen LogP contribution is -2.34. The molecular formula is C18H28N2O. The second-order valence-electron chi connectivity index (χ2n) is 6.64. The molecule has 2 aliphatic rings. The molecule has 0 radical (unpaired) electrons. The lowest BCUT2D eigenvalue weighted by molar-refractivity contribution is 0.285. The van der Waals surface area contributed by atoms with Crippen LogP contribution in [0.15, 0.2) is 24.3 Å². The van der Waals surface area contributed by atoms with Gasteiger partial charge in [-0.1, -0.05) is 44.2 Å². The Balaban J connectivity index is 1.71. The van der Waals surface area contributed by atoms with Gasteiger partial charge in [0.25, 0.3) is 0 Å². The fraction of sp³-hybridized carbons (Fsp3) is 0.667. The first-order valence-corrected chi connectivity index (χ1v) is 8.59. The van der Waals surface area contributed by atoms with Crippen LogP contribution in [0, 0.1) is 5.92 Å². The molecule has 21 heavy (non-hydrogen) atoms. The van der Waals surface area contributed by atoms with Crippen LogP contribution in [0.25, 0.3) is 0 Å². The zero-order valence-corrected chi connectivity index (χ0v) is 12.9. The predicted octanol–water partition coefficient (Wildman–Crippen LogP) is 4.09. The van der Waals surface area contributed by atoms with Gasteiger partial charge in [0.05, 0.1) is 6.10 Å². The Kier molecular flexibility index (Phi) is 5.15. The Morgan fingerprint density at radius 3 is 2.38 bits per heavy atom. The molecule has 3 heteroatoms. The highest BCUT2D eigenvalue weighted by Crippen LogP contribution is 2.34. The van der Waals surface area contributed by atoms with Crippen LogP contribution in [0.4, 0.5) is 0 Å². The van der Waals surface area contributed by atoms with E-state index in [9.17, 15) is 0 Å². The minimum Gasteiger partial charge on any atom is -0.490 e. The van der Waals surface area contributed by atoms with Crippen molar-refractivity contribution in [1.29, 1.82) is 0 Å². The molecule has 1 unspecified atom stereocenters. The number of ether oxygens (including phenoxy) is 1. The Labute approximate surface area is 128 Å². The molecule has 2 fully saturated rings. The standard InChI is InChI=1S/C18H28N2O/c19-20-18(14-7-4-2-1-3-5-8-14)15-9-6-10-17(13-15)21-16-11-12-16/h6,9-10,13-14,16,18,20H,1-5,7-8,11-12,19H2. The summed E-state index contributed by atoms with van der Waals surface area (Å²) in [6, 6.07) is 8.78. The molecule has 0 saturated heterocycles. The molecule has 116 valence electrons. The Hall–Kier alpha value is -1.06. The topological polar surface area (TPSA) is 47.3 Å². The highest BCUT2D eigenvalue weighted by molar-refractivity contribution is 5.31. The van der Waals surface area contributed by atoms with E-state index in [1.807, 2.05) is 0 Å². The van der Waals surface area contributed by atoms with E-state index in [1.54, 1.807) is 0 Å². The first-order valence-electron chi connectivity index (χ1n) is 8.59. The Morgan fingerprint density at radius 1 is 1.00 bits per heavy atom. The fourth-order valence-corrected chi connectivity index (χ4v) is 3.49. The minimum absolute atomic E-state index is 0.255. The van der Waals surface area contributed by atoms with Crippen LogP contribution >= 0.6 is 0 Å². The van der Waals surface area contributed by atoms with Crippen molar-refractivity contribution in [3.05, 3.63) is 29.8 Å². The molecule has 3 rings (SSSR count). The number of rotatable bonds is 5. The van der Waals surface area contributed by atoms with E-state index in [-0.39, 0.29) is 6.04 Å². The lowest BCUT2D eigenvalue weighted by atomic mass is 9.83. The summed E-state index contributed by atoms with van der Waals surface area (Å²) < 4.78 is 5.92. The van der Waals surface area contributed by atoms with Crippen molar-refractivity contribution in [1.82, 2.24) is 5.43 Å². The summed E-state index contributed by atoms with van der Waals surface area (Å²) in [5.74, 6) is 7.54. The van der Waals surface area contributed by atoms with Gasteiger partial charge in [-0.2, -0.15) is 0 Å². The second-order valence-corrected chi connectivity index (χ2v) is 6.64. The number of hydrazine groups is 1. The second kappa shape index (κ2) is 7.28. The molecule has 0 bridgehead atoms. The molecule has 3 nitrogen and oxygen atoms in total. The van der Waals surface area contributed by atoms with Gasteiger partial charge in [0.15, 0.2) is 0 Å². The molecule has 0 spiro atoms. The summed E-state index contributed by atoms with van der Waals surface area (Å²) in [4.78, 5) is 0. The van der Waals surface area contributed by atoms with Gasteiger partial charge in [0.1, 0.15) is 5.75 Å². The summed E-state index contributed by atoms with van der Waals surface area (Å²) in [6.45, 7) is 0. The van der Waals surface area contributed by atoms with Gasteiger partial charge in [0, 0.05) is 6.04 Å². The summed E-state index contributed by atoms with van der Waals surface area (Å²) in [6.07, 6.45) is 12.2. The molecular weight excluding hydrogens is 260 g/mol. The highest BCUT2D eigenvalue weighted by Gasteiger charge is 2.25. The van der Waals surface area contributed by atoms with Crippen molar-refractivity contribution in [3.8, 4) is 5.75 Å². The minimum atomic E-state index is 0.255. The van der Waals surface area contributed by atoms with E-state index < -0.39 is 0 Å². The first kappa shape index (κ1) is 14.9. The summed E-state index contributed by atoms with van der Waals surface area (Å²) in [5.41, 5.74) is 4.36. The van der Waals surface area contributed by atoms with Crippen LogP contribution < -0.4 is 16.0 Å². The van der Waals surface area contributed by atoms with E-state index >= 15 is 0 Å². The van der Waals surface area contributed by atoms with Crippen LogP contribution in [0.5, 0.6) is 5.75 Å². The summed E-state index contributed by atoms with van der Waals surface area (Å²) >= 11 is 0. The van der Waals surface area contributed by atoms with Gasteiger partial charge in [-0.3, -0.25) is 11.3 Å². The van der Waals surface area contributed by atoms with Crippen molar-refractivity contribution < 1.29 is 4.74 Å². The fourth-order valence-electron chi connectivity index (χ4n) is 3.49. The van der Waals surface area contributed by atoms with Crippen LogP contribution in [-0.4, -0.2) is 6.10 Å². The van der Waals surface area contributed by atoms with Crippen LogP contribution in [0.3, 0.4) is 0 Å². The van der Waals surface area contributed by atoms with Crippen molar-refractivity contribution >= 4 is 0 Å². The van der Waals surface area contributed by atoms with Gasteiger partial charge >= 0.3 is 0 Å². The average molecular weight is 288 g/mol. The largest absolute Gasteiger partial charge is 0.490 e. The molecule has 2 saturated carbocycles. The third kappa shape index (κ3) is 4.21. The monoisotopic (exact) mass is 288 g/mol. The third-order valence-corrected chi connectivity index (χ3v) is 4.85. The molecule has 1 aromatic rings. The van der Waals surface area contributed by atoms with Crippen molar-refractivity contribution in [2.24, 2.45) is 11.8 Å². The Bertz CT molecular complexity index is 437. The SMILES string of the molecule is NNC(c1cccc(OC2CC2)c1)C1CCCCCCC1. The van der Waals surface area contributed by atoms with Gasteiger partial charge in [-0.25, -0.2) is 0 Å². The maximum atomic E-state index is 5.92. The first-order chi connectivity index (χ1) is 10.4. The van der Waals surface area contributed by atoms with Crippen molar-refractivity contribution in [3.63, 3.8) is 0 Å². The average Bonchev–Trinajstić information content (AvgIpc) is 3.26. The van der Waals surface area contributed by atoms with Crippen LogP contribution in [-0.2, 0) is 0 Å². The van der Waals surface area contributed by atoms with E-state index in [1.165, 1.54) is 63.4 Å². The van der Waals surface area contributed by atoms with Crippen molar-refractivity contribution in [2.75, 3.05) is 0 Å². The molecule has 0 aromatic heterocycles. The van der Waals surface area contributed by atoms with Crippen LogP contribution in [0.2, 0.25) is 0 Å². The molecule has 0 aliphatic heterocycles. The number of benzene rings is 1. The molecule has 3 N–H and O–H groups in total. The predicted molar refractivity (Wildman–Crippen MR) is 86.0 cm³/mol. The molecule has 0 heterocycles. The summed E-state index contributed by atoms with van der Waals surface area (Å²) in [7, 11) is 0. The molecule has 1 atom stereocenters.